The second-order valence-electron chi connectivity index (χ2n) is 7.49. The number of anilines is 1. The van der Waals surface area contributed by atoms with E-state index >= 15 is 0 Å². The highest BCUT2D eigenvalue weighted by molar-refractivity contribution is 8.00. The molecule has 2 aromatic rings. The summed E-state index contributed by atoms with van der Waals surface area (Å²) < 4.78 is 0. The number of aryl methyl sites for hydroxylation is 1. The van der Waals surface area contributed by atoms with Crippen molar-refractivity contribution < 1.29 is 9.59 Å². The lowest BCUT2D eigenvalue weighted by atomic mass is 9.94. The molecule has 0 saturated heterocycles. The van der Waals surface area contributed by atoms with Crippen LogP contribution in [0.25, 0.3) is 0 Å². The second-order valence-corrected chi connectivity index (χ2v) is 8.95. The number of halogens is 1. The molecular weight excluding hydrogens is 404 g/mol. The van der Waals surface area contributed by atoms with Gasteiger partial charge < -0.3 is 10.2 Å². The summed E-state index contributed by atoms with van der Waals surface area (Å²) in [4.78, 5) is 28.2. The number of nitrogens with one attached hydrogen (secondary N) is 1. The molecule has 0 bridgehead atoms. The molecule has 1 saturated carbocycles. The van der Waals surface area contributed by atoms with Gasteiger partial charge in [0.15, 0.2) is 0 Å². The quantitative estimate of drug-likeness (QED) is 0.590. The Hall–Kier alpha value is -1.98. The maximum atomic E-state index is 12.9. The Morgan fingerprint density at radius 3 is 2.62 bits per heavy atom. The van der Waals surface area contributed by atoms with E-state index in [2.05, 4.69) is 5.32 Å². The van der Waals surface area contributed by atoms with E-state index in [1.807, 2.05) is 43.1 Å². The Morgan fingerprint density at radius 1 is 1.14 bits per heavy atom. The van der Waals surface area contributed by atoms with E-state index in [1.165, 1.54) is 31.0 Å². The lowest BCUT2D eigenvalue weighted by Crippen LogP contribution is -2.39. The Bertz CT molecular complexity index is 881. The van der Waals surface area contributed by atoms with Crippen LogP contribution in [0.1, 0.15) is 48.0 Å². The highest BCUT2D eigenvalue weighted by Crippen LogP contribution is 2.27. The SMILES string of the molecule is Cc1ccc(Cl)cc1NC(=O)c1ccccc1SCC(=O)N(C)C1CCCCC1. The van der Waals surface area contributed by atoms with Gasteiger partial charge in [-0.15, -0.1) is 11.8 Å². The van der Waals surface area contributed by atoms with Crippen LogP contribution in [0, 0.1) is 6.92 Å². The Balaban J connectivity index is 1.66. The molecule has 29 heavy (non-hydrogen) atoms. The van der Waals surface area contributed by atoms with Gasteiger partial charge in [0.25, 0.3) is 5.91 Å². The van der Waals surface area contributed by atoms with Gasteiger partial charge in [0.1, 0.15) is 0 Å². The summed E-state index contributed by atoms with van der Waals surface area (Å²) >= 11 is 7.47. The van der Waals surface area contributed by atoms with Crippen molar-refractivity contribution in [1.29, 1.82) is 0 Å². The summed E-state index contributed by atoms with van der Waals surface area (Å²) in [6, 6.07) is 13.2. The van der Waals surface area contributed by atoms with Gasteiger partial charge in [-0.1, -0.05) is 49.1 Å². The van der Waals surface area contributed by atoms with Gasteiger partial charge in [-0.25, -0.2) is 0 Å². The average molecular weight is 431 g/mol. The van der Waals surface area contributed by atoms with Gasteiger partial charge in [-0.3, -0.25) is 9.59 Å². The highest BCUT2D eigenvalue weighted by atomic mass is 35.5. The van der Waals surface area contributed by atoms with Crippen LogP contribution in [-0.4, -0.2) is 35.6 Å². The maximum absolute atomic E-state index is 12.9. The zero-order valence-electron chi connectivity index (χ0n) is 16.9. The summed E-state index contributed by atoms with van der Waals surface area (Å²) in [5.74, 6) is 0.238. The molecule has 0 atom stereocenters. The smallest absolute Gasteiger partial charge is 0.256 e. The molecule has 1 N–H and O–H groups in total. The van der Waals surface area contributed by atoms with Crippen LogP contribution in [-0.2, 0) is 4.79 Å². The Morgan fingerprint density at radius 2 is 1.86 bits per heavy atom. The van der Waals surface area contributed by atoms with Crippen molar-refractivity contribution in [2.45, 2.75) is 50.0 Å². The van der Waals surface area contributed by atoms with E-state index in [1.54, 1.807) is 18.2 Å². The fourth-order valence-electron chi connectivity index (χ4n) is 3.61. The van der Waals surface area contributed by atoms with Gasteiger partial charge in [0, 0.05) is 28.7 Å². The third kappa shape index (κ3) is 5.77. The summed E-state index contributed by atoms with van der Waals surface area (Å²) in [6.45, 7) is 1.92. The minimum Gasteiger partial charge on any atom is -0.342 e. The molecule has 0 unspecified atom stereocenters. The van der Waals surface area contributed by atoms with Crippen molar-refractivity contribution in [3.05, 3.63) is 58.6 Å². The van der Waals surface area contributed by atoms with Crippen LogP contribution in [0.15, 0.2) is 47.4 Å². The summed E-state index contributed by atoms with van der Waals surface area (Å²) in [6.07, 6.45) is 5.83. The Labute approximate surface area is 182 Å². The number of rotatable bonds is 6. The number of carbonyl (C=O) groups excluding carboxylic acids is 2. The van der Waals surface area contributed by atoms with Crippen LogP contribution in [0.2, 0.25) is 5.02 Å². The zero-order valence-corrected chi connectivity index (χ0v) is 18.5. The predicted molar refractivity (Wildman–Crippen MR) is 121 cm³/mol. The van der Waals surface area contributed by atoms with E-state index in [9.17, 15) is 9.59 Å². The monoisotopic (exact) mass is 430 g/mol. The van der Waals surface area contributed by atoms with E-state index < -0.39 is 0 Å². The molecule has 0 heterocycles. The number of nitrogens with zero attached hydrogens (tertiary/aromatic N) is 1. The molecule has 1 aliphatic carbocycles. The van der Waals surface area contributed by atoms with E-state index in [-0.39, 0.29) is 11.8 Å². The normalized spacial score (nSPS) is 14.4. The minimum atomic E-state index is -0.202. The first kappa shape index (κ1) is 21.7. The zero-order chi connectivity index (χ0) is 20.8. The first-order valence-electron chi connectivity index (χ1n) is 10.0. The summed E-state index contributed by atoms with van der Waals surface area (Å²) in [5, 5.41) is 3.51. The molecule has 154 valence electrons. The van der Waals surface area contributed by atoms with Gasteiger partial charge in [-0.2, -0.15) is 0 Å². The second kappa shape index (κ2) is 10.2. The molecule has 1 aliphatic rings. The fourth-order valence-corrected chi connectivity index (χ4v) is 4.76. The molecule has 2 aromatic carbocycles. The standard InChI is InChI=1S/C23H27ClN2O2S/c1-16-12-13-17(24)14-20(16)25-23(28)19-10-6-7-11-21(19)29-15-22(27)26(2)18-8-4-3-5-9-18/h6-7,10-14,18H,3-5,8-9,15H2,1-2H3,(H,25,28). The van der Waals surface area contributed by atoms with Crippen LogP contribution in [0.4, 0.5) is 5.69 Å². The number of hydrogen-bond donors (Lipinski definition) is 1. The lowest BCUT2D eigenvalue weighted by Gasteiger charge is -2.31. The first-order chi connectivity index (χ1) is 14.0. The van der Waals surface area contributed by atoms with Gasteiger partial charge in [0.2, 0.25) is 5.91 Å². The molecule has 0 spiro atoms. The van der Waals surface area contributed by atoms with Crippen molar-refractivity contribution in [2.24, 2.45) is 0 Å². The molecule has 4 nitrogen and oxygen atoms in total. The molecule has 2 amide bonds. The van der Waals surface area contributed by atoms with Gasteiger partial charge >= 0.3 is 0 Å². The molecule has 1 fully saturated rings. The average Bonchev–Trinajstić information content (AvgIpc) is 2.74. The summed E-state index contributed by atoms with van der Waals surface area (Å²) in [7, 11) is 1.90. The number of thioether (sulfide) groups is 1. The van der Waals surface area contributed by atoms with E-state index in [0.717, 1.165) is 23.3 Å². The van der Waals surface area contributed by atoms with Crippen molar-refractivity contribution in [2.75, 3.05) is 18.1 Å². The largest absolute Gasteiger partial charge is 0.342 e. The molecule has 6 heteroatoms. The number of hydrogen-bond acceptors (Lipinski definition) is 3. The first-order valence-corrected chi connectivity index (χ1v) is 11.4. The minimum absolute atomic E-state index is 0.114. The van der Waals surface area contributed by atoms with Crippen molar-refractivity contribution >= 4 is 40.9 Å². The van der Waals surface area contributed by atoms with Gasteiger partial charge in [-0.05, 0) is 49.6 Å². The highest BCUT2D eigenvalue weighted by Gasteiger charge is 2.22. The summed E-state index contributed by atoms with van der Waals surface area (Å²) in [5.41, 5.74) is 2.19. The molecule has 0 aliphatic heterocycles. The van der Waals surface area contributed by atoms with Crippen molar-refractivity contribution in [3.63, 3.8) is 0 Å². The fraction of sp³-hybridized carbons (Fsp3) is 0.391. The maximum Gasteiger partial charge on any atom is 0.256 e. The molecule has 0 aromatic heterocycles. The van der Waals surface area contributed by atoms with E-state index in [4.69, 9.17) is 11.6 Å². The Kier molecular flexibility index (Phi) is 7.62. The third-order valence-electron chi connectivity index (χ3n) is 5.45. The molecule has 0 radical (unpaired) electrons. The van der Waals surface area contributed by atoms with Crippen LogP contribution >= 0.6 is 23.4 Å². The number of benzene rings is 2. The number of carbonyl (C=O) groups is 2. The van der Waals surface area contributed by atoms with Crippen LogP contribution in [0.3, 0.4) is 0 Å². The molecule has 3 rings (SSSR count). The number of amides is 2. The van der Waals surface area contributed by atoms with Crippen LogP contribution < -0.4 is 5.32 Å². The predicted octanol–water partition coefficient (Wildman–Crippen LogP) is 5.78. The van der Waals surface area contributed by atoms with Gasteiger partial charge in [0.05, 0.1) is 11.3 Å². The third-order valence-corrected chi connectivity index (χ3v) is 6.74. The van der Waals surface area contributed by atoms with Crippen molar-refractivity contribution in [1.82, 2.24) is 4.90 Å². The molecular formula is C23H27ClN2O2S. The topological polar surface area (TPSA) is 49.4 Å². The van der Waals surface area contributed by atoms with Crippen LogP contribution in [0.5, 0.6) is 0 Å². The lowest BCUT2D eigenvalue weighted by molar-refractivity contribution is -0.129. The van der Waals surface area contributed by atoms with Crippen molar-refractivity contribution in [3.8, 4) is 0 Å². The van der Waals surface area contributed by atoms with E-state index in [0.29, 0.717) is 28.1 Å².